The van der Waals surface area contributed by atoms with Gasteiger partial charge in [-0.2, -0.15) is 5.26 Å². The number of fused-ring (bicyclic) bond motifs is 3. The van der Waals surface area contributed by atoms with Gasteiger partial charge in [0.05, 0.1) is 0 Å². The minimum absolute atomic E-state index is 0.282. The van der Waals surface area contributed by atoms with E-state index in [1.165, 1.54) is 6.08 Å². The lowest BCUT2D eigenvalue weighted by Crippen LogP contribution is -2.07. The lowest BCUT2D eigenvalue weighted by atomic mass is 9.98. The molecule has 146 valence electrons. The zero-order chi connectivity index (χ0) is 21.3. The Bertz CT molecular complexity index is 1240. The second-order valence-corrected chi connectivity index (χ2v) is 7.37. The molecule has 3 aromatic rings. The molecular formula is C26H20N2O2. The van der Waals surface area contributed by atoms with Crippen LogP contribution in [0.2, 0.25) is 0 Å². The highest BCUT2D eigenvalue weighted by molar-refractivity contribution is 6.07. The van der Waals surface area contributed by atoms with Crippen molar-refractivity contribution in [2.75, 3.05) is 19.0 Å². The molecule has 0 fully saturated rings. The largest absolute Gasteiger partial charge is 0.477 e. The first kappa shape index (κ1) is 19.2. The first-order chi connectivity index (χ1) is 14.5. The number of rotatable bonds is 4. The van der Waals surface area contributed by atoms with Gasteiger partial charge in [-0.25, -0.2) is 4.79 Å². The van der Waals surface area contributed by atoms with Crippen molar-refractivity contribution in [3.8, 4) is 17.2 Å². The van der Waals surface area contributed by atoms with Crippen molar-refractivity contribution in [1.29, 1.82) is 5.26 Å². The Morgan fingerprint density at radius 1 is 0.900 bits per heavy atom. The summed E-state index contributed by atoms with van der Waals surface area (Å²) in [5.41, 5.74) is 8.14. The Kier molecular flexibility index (Phi) is 4.95. The molecule has 0 radical (unpaired) electrons. The second-order valence-electron chi connectivity index (χ2n) is 7.37. The number of hydrogen-bond acceptors (Lipinski definition) is 3. The summed E-state index contributed by atoms with van der Waals surface area (Å²) in [4.78, 5) is 13.3. The highest BCUT2D eigenvalue weighted by atomic mass is 16.4. The summed E-state index contributed by atoms with van der Waals surface area (Å²) in [7, 11) is 4.03. The van der Waals surface area contributed by atoms with Gasteiger partial charge in [0.15, 0.2) is 0 Å². The van der Waals surface area contributed by atoms with E-state index in [4.69, 9.17) is 5.26 Å². The van der Waals surface area contributed by atoms with Gasteiger partial charge in [0.2, 0.25) is 0 Å². The molecule has 0 spiro atoms. The van der Waals surface area contributed by atoms with Gasteiger partial charge in [0.25, 0.3) is 0 Å². The van der Waals surface area contributed by atoms with E-state index in [2.05, 4.69) is 47.4 Å². The number of anilines is 1. The number of aliphatic carboxylic acids is 1. The fourth-order valence-corrected chi connectivity index (χ4v) is 3.71. The van der Waals surface area contributed by atoms with Crippen LogP contribution in [0.15, 0.2) is 72.3 Å². The van der Waals surface area contributed by atoms with E-state index in [1.54, 1.807) is 6.07 Å². The number of carboxylic acids is 1. The van der Waals surface area contributed by atoms with Crippen LogP contribution in [0.4, 0.5) is 5.69 Å². The summed E-state index contributed by atoms with van der Waals surface area (Å²) >= 11 is 0. The third-order valence-corrected chi connectivity index (χ3v) is 5.22. The number of hydrogen-bond donors (Lipinski definition) is 1. The molecule has 0 saturated carbocycles. The predicted octanol–water partition coefficient (Wildman–Crippen LogP) is 5.31. The number of carbonyl (C=O) groups is 1. The molecule has 30 heavy (non-hydrogen) atoms. The Morgan fingerprint density at radius 2 is 1.53 bits per heavy atom. The topological polar surface area (TPSA) is 64.3 Å². The molecular weight excluding hydrogens is 372 g/mol. The fraction of sp³-hybridized carbons (Fsp3) is 0.0769. The molecule has 0 heterocycles. The molecule has 3 aromatic carbocycles. The fourth-order valence-electron chi connectivity index (χ4n) is 3.71. The molecule has 0 atom stereocenters. The molecule has 0 aliphatic heterocycles. The first-order valence-electron chi connectivity index (χ1n) is 9.56. The maximum Gasteiger partial charge on any atom is 0.346 e. The second kappa shape index (κ2) is 7.73. The van der Waals surface area contributed by atoms with Crippen molar-refractivity contribution in [2.24, 2.45) is 0 Å². The van der Waals surface area contributed by atoms with Crippen molar-refractivity contribution in [3.05, 3.63) is 94.6 Å². The van der Waals surface area contributed by atoms with Crippen LogP contribution < -0.4 is 4.90 Å². The average molecular weight is 392 g/mol. The van der Waals surface area contributed by atoms with Crippen LogP contribution in [0, 0.1) is 11.3 Å². The summed E-state index contributed by atoms with van der Waals surface area (Å²) in [6, 6.07) is 24.1. The summed E-state index contributed by atoms with van der Waals surface area (Å²) in [6.45, 7) is 0. The van der Waals surface area contributed by atoms with Gasteiger partial charge in [-0.15, -0.1) is 0 Å². The van der Waals surface area contributed by atoms with Crippen LogP contribution >= 0.6 is 0 Å². The van der Waals surface area contributed by atoms with E-state index in [0.29, 0.717) is 5.56 Å². The predicted molar refractivity (Wildman–Crippen MR) is 121 cm³/mol. The number of benzene rings is 3. The zero-order valence-corrected chi connectivity index (χ0v) is 16.8. The minimum atomic E-state index is -1.22. The standard InChI is InChI=1S/C26H20N2O2/c1-28(2)20-10-7-17(8-11-20)14-24-22-6-4-3-5-21(22)23-12-9-18(15-25(23)24)13-19(16-27)26(29)30/h3-15H,1-2H3,(H,29,30)/b19-13+,24-14+. The van der Waals surface area contributed by atoms with Crippen molar-refractivity contribution in [3.63, 3.8) is 0 Å². The summed E-state index contributed by atoms with van der Waals surface area (Å²) in [6.07, 6.45) is 3.56. The summed E-state index contributed by atoms with van der Waals surface area (Å²) in [5, 5.41) is 18.3. The smallest absolute Gasteiger partial charge is 0.346 e. The highest BCUT2D eigenvalue weighted by Gasteiger charge is 2.23. The molecule has 4 rings (SSSR count). The van der Waals surface area contributed by atoms with Crippen LogP contribution in [-0.2, 0) is 4.79 Å². The van der Waals surface area contributed by atoms with Gasteiger partial charge in [0.1, 0.15) is 11.6 Å². The number of nitriles is 1. The van der Waals surface area contributed by atoms with E-state index in [0.717, 1.165) is 39.1 Å². The molecule has 1 aliphatic rings. The molecule has 0 amide bonds. The lowest BCUT2D eigenvalue weighted by Gasteiger charge is -2.12. The Hall–Kier alpha value is -4.10. The van der Waals surface area contributed by atoms with Crippen molar-refractivity contribution < 1.29 is 9.90 Å². The van der Waals surface area contributed by atoms with Gasteiger partial charge in [-0.05, 0) is 69.3 Å². The monoisotopic (exact) mass is 392 g/mol. The molecule has 0 saturated heterocycles. The first-order valence-corrected chi connectivity index (χ1v) is 9.56. The van der Waals surface area contributed by atoms with Crippen LogP contribution in [0.1, 0.15) is 22.3 Å². The number of nitrogens with zero attached hydrogens (tertiary/aromatic N) is 2. The maximum atomic E-state index is 11.2. The molecule has 4 nitrogen and oxygen atoms in total. The molecule has 4 heteroatoms. The van der Waals surface area contributed by atoms with Gasteiger partial charge in [-0.1, -0.05) is 48.5 Å². The van der Waals surface area contributed by atoms with Crippen molar-refractivity contribution in [2.45, 2.75) is 0 Å². The summed E-state index contributed by atoms with van der Waals surface area (Å²) in [5.74, 6) is -1.22. The highest BCUT2D eigenvalue weighted by Crippen LogP contribution is 2.45. The third kappa shape index (κ3) is 3.49. The SMILES string of the molecule is CN(C)c1ccc(/C=C2\c3ccccc3-c3ccc(/C=C(\C#N)C(=O)O)cc32)cc1. The van der Waals surface area contributed by atoms with Crippen LogP contribution in [0.3, 0.4) is 0 Å². The van der Waals surface area contributed by atoms with Gasteiger partial charge in [0, 0.05) is 19.8 Å². The van der Waals surface area contributed by atoms with Crippen LogP contribution in [0.5, 0.6) is 0 Å². The van der Waals surface area contributed by atoms with E-state index in [1.807, 2.05) is 44.4 Å². The molecule has 0 aromatic heterocycles. The van der Waals surface area contributed by atoms with Crippen LogP contribution in [0.25, 0.3) is 28.9 Å². The quantitative estimate of drug-likeness (QED) is 0.377. The maximum absolute atomic E-state index is 11.2. The zero-order valence-electron chi connectivity index (χ0n) is 16.8. The Balaban J connectivity index is 1.85. The average Bonchev–Trinajstić information content (AvgIpc) is 3.05. The Morgan fingerprint density at radius 3 is 2.17 bits per heavy atom. The van der Waals surface area contributed by atoms with Gasteiger partial charge in [-0.3, -0.25) is 0 Å². The molecule has 0 unspecified atom stereocenters. The summed E-state index contributed by atoms with van der Waals surface area (Å²) < 4.78 is 0. The van der Waals surface area contributed by atoms with Crippen molar-refractivity contribution in [1.82, 2.24) is 0 Å². The van der Waals surface area contributed by atoms with Crippen molar-refractivity contribution >= 4 is 29.4 Å². The molecule has 1 N–H and O–H groups in total. The lowest BCUT2D eigenvalue weighted by molar-refractivity contribution is -0.132. The van der Waals surface area contributed by atoms with E-state index in [9.17, 15) is 9.90 Å². The minimum Gasteiger partial charge on any atom is -0.477 e. The molecule has 1 aliphatic carbocycles. The van der Waals surface area contributed by atoms with Crippen LogP contribution in [-0.4, -0.2) is 25.2 Å². The van der Waals surface area contributed by atoms with E-state index < -0.39 is 5.97 Å². The Labute approximate surface area is 175 Å². The van der Waals surface area contributed by atoms with E-state index in [-0.39, 0.29) is 5.57 Å². The van der Waals surface area contributed by atoms with Gasteiger partial charge >= 0.3 is 5.97 Å². The molecule has 0 bridgehead atoms. The normalized spacial score (nSPS) is 13.5. The van der Waals surface area contributed by atoms with E-state index >= 15 is 0 Å². The third-order valence-electron chi connectivity index (χ3n) is 5.22. The van der Waals surface area contributed by atoms with Gasteiger partial charge < -0.3 is 10.0 Å². The number of carboxylic acid groups (broad SMARTS) is 1.